The van der Waals surface area contributed by atoms with E-state index in [2.05, 4.69) is 0 Å². The van der Waals surface area contributed by atoms with Crippen LogP contribution < -0.4 is 0 Å². The molecule has 0 aliphatic carbocycles. The van der Waals surface area contributed by atoms with E-state index in [9.17, 15) is 0 Å². The van der Waals surface area contributed by atoms with Crippen LogP contribution in [-0.2, 0) is 0 Å². The van der Waals surface area contributed by atoms with Gasteiger partial charge in [0.05, 0.1) is 6.07 Å². The maximum Gasteiger partial charge on any atom is 0.0911 e. The van der Waals surface area contributed by atoms with Crippen LogP contribution in [0.3, 0.4) is 0 Å². The van der Waals surface area contributed by atoms with Crippen LogP contribution in [0.15, 0.2) is 23.3 Å². The van der Waals surface area contributed by atoms with Gasteiger partial charge in [0, 0.05) is 6.08 Å². The van der Waals surface area contributed by atoms with Crippen molar-refractivity contribution in [3.63, 3.8) is 0 Å². The number of nitriles is 1. The highest BCUT2D eigenvalue weighted by molar-refractivity contribution is 5.12. The largest absolute Gasteiger partial charge is 0.193 e. The maximum atomic E-state index is 8.28. The number of allylic oxidation sites excluding steroid dienone is 4. The Morgan fingerprint density at radius 1 is 1.55 bits per heavy atom. The molecular weight excluding hydrogens is 134 g/mol. The molecule has 0 heterocycles. The van der Waals surface area contributed by atoms with Gasteiger partial charge in [-0.1, -0.05) is 17.2 Å². The van der Waals surface area contributed by atoms with Crippen molar-refractivity contribution in [2.75, 3.05) is 0 Å². The van der Waals surface area contributed by atoms with E-state index in [0.717, 1.165) is 24.0 Å². The summed E-state index contributed by atoms with van der Waals surface area (Å²) in [6.45, 7) is 9.24. The number of hydrogen-bond donors (Lipinski definition) is 0. The van der Waals surface area contributed by atoms with Gasteiger partial charge in [-0.05, 0) is 33.6 Å². The summed E-state index contributed by atoms with van der Waals surface area (Å²) < 4.78 is 0. The van der Waals surface area contributed by atoms with E-state index in [-0.39, 0.29) is 0 Å². The first-order valence-corrected chi connectivity index (χ1v) is 3.64. The van der Waals surface area contributed by atoms with Crippen molar-refractivity contribution in [2.24, 2.45) is 0 Å². The third kappa shape index (κ3) is 6.86. The molecule has 0 aliphatic rings. The molecule has 0 saturated heterocycles. The predicted molar refractivity (Wildman–Crippen MR) is 46.7 cm³/mol. The molecule has 1 heteroatoms. The van der Waals surface area contributed by atoms with Crippen LogP contribution in [0.25, 0.3) is 0 Å². The molecule has 0 unspecified atom stereocenters. The van der Waals surface area contributed by atoms with Crippen LogP contribution in [0.1, 0.15) is 26.7 Å². The Labute approximate surface area is 69.0 Å². The summed E-state index contributed by atoms with van der Waals surface area (Å²) in [5, 5.41) is 8.28. The average molecular weight is 147 g/mol. The van der Waals surface area contributed by atoms with E-state index in [4.69, 9.17) is 12.2 Å². The van der Waals surface area contributed by atoms with Crippen molar-refractivity contribution >= 4 is 0 Å². The minimum absolute atomic E-state index is 0.842. The monoisotopic (exact) mass is 147 g/mol. The Bertz CT molecular complexity index is 199. The molecule has 0 fully saturated rings. The van der Waals surface area contributed by atoms with Gasteiger partial charge in [-0.2, -0.15) is 5.26 Å². The Morgan fingerprint density at radius 3 is 2.64 bits per heavy atom. The summed E-state index contributed by atoms with van der Waals surface area (Å²) >= 11 is 0. The molecule has 0 aromatic rings. The standard InChI is InChI=1S/C10H13N/c1-9(2)5-4-6-10(3)7-8-11/h1,5,7H,4,6H2,2-3H3/b9-5-,10-7-. The highest BCUT2D eigenvalue weighted by atomic mass is 14.2. The lowest BCUT2D eigenvalue weighted by Crippen LogP contribution is -1.75. The van der Waals surface area contributed by atoms with Gasteiger partial charge in [0.2, 0.25) is 0 Å². The first-order valence-electron chi connectivity index (χ1n) is 3.64. The molecule has 0 aliphatic heterocycles. The predicted octanol–water partition coefficient (Wildman–Crippen LogP) is 2.89. The van der Waals surface area contributed by atoms with Crippen molar-refractivity contribution in [3.05, 3.63) is 30.2 Å². The fourth-order valence-electron chi connectivity index (χ4n) is 0.710. The van der Waals surface area contributed by atoms with E-state index in [1.807, 2.05) is 26.0 Å². The zero-order valence-corrected chi connectivity index (χ0v) is 7.09. The van der Waals surface area contributed by atoms with E-state index in [1.54, 1.807) is 6.08 Å². The van der Waals surface area contributed by atoms with E-state index >= 15 is 0 Å². The average Bonchev–Trinajstić information content (AvgIpc) is 1.87. The fourth-order valence-corrected chi connectivity index (χ4v) is 0.710. The zero-order chi connectivity index (χ0) is 8.69. The summed E-state index contributed by atoms with van der Waals surface area (Å²) in [4.78, 5) is 0. The minimum Gasteiger partial charge on any atom is -0.193 e. The Morgan fingerprint density at radius 2 is 2.18 bits per heavy atom. The molecule has 0 atom stereocenters. The van der Waals surface area contributed by atoms with Crippen molar-refractivity contribution < 1.29 is 0 Å². The quantitative estimate of drug-likeness (QED) is 0.563. The molecule has 0 bridgehead atoms. The molecule has 11 heavy (non-hydrogen) atoms. The van der Waals surface area contributed by atoms with Crippen molar-refractivity contribution in [2.45, 2.75) is 26.7 Å². The van der Waals surface area contributed by atoms with Gasteiger partial charge in [0.1, 0.15) is 0 Å². The van der Waals surface area contributed by atoms with Gasteiger partial charge in [0.25, 0.3) is 0 Å². The summed E-state index contributed by atoms with van der Waals surface area (Å²) in [5.41, 5.74) is 1.94. The van der Waals surface area contributed by atoms with Gasteiger partial charge in [-0.15, -0.1) is 0 Å². The smallest absolute Gasteiger partial charge is 0.0911 e. The van der Waals surface area contributed by atoms with Crippen LogP contribution in [0.2, 0.25) is 0 Å². The third-order valence-electron chi connectivity index (χ3n) is 1.32. The molecule has 0 aromatic carbocycles. The molecule has 0 rings (SSSR count). The van der Waals surface area contributed by atoms with E-state index < -0.39 is 0 Å². The van der Waals surface area contributed by atoms with Crippen LogP contribution in [0.5, 0.6) is 0 Å². The fraction of sp³-hybridized carbons (Fsp3) is 0.400. The van der Waals surface area contributed by atoms with Crippen molar-refractivity contribution in [3.8, 4) is 6.07 Å². The molecule has 0 saturated carbocycles. The van der Waals surface area contributed by atoms with Crippen LogP contribution >= 0.6 is 0 Å². The number of hydrogen-bond acceptors (Lipinski definition) is 1. The minimum atomic E-state index is 0.842. The molecule has 0 spiro atoms. The molecule has 58 valence electrons. The Hall–Kier alpha value is -1.03. The molecule has 0 amide bonds. The van der Waals surface area contributed by atoms with Crippen LogP contribution in [0.4, 0.5) is 0 Å². The van der Waals surface area contributed by atoms with Gasteiger partial charge < -0.3 is 0 Å². The normalized spacial score (nSPS) is 12.9. The third-order valence-corrected chi connectivity index (χ3v) is 1.32. The first-order chi connectivity index (χ1) is 5.16. The van der Waals surface area contributed by atoms with E-state index in [1.165, 1.54) is 0 Å². The molecule has 2 radical (unpaired) electrons. The van der Waals surface area contributed by atoms with Gasteiger partial charge >= 0.3 is 0 Å². The summed E-state index contributed by atoms with van der Waals surface area (Å²) in [7, 11) is 0. The lowest BCUT2D eigenvalue weighted by atomic mass is 10.1. The maximum absolute atomic E-state index is 8.28. The summed E-state index contributed by atoms with van der Waals surface area (Å²) in [6, 6.07) is 1.99. The molecule has 0 aromatic heterocycles. The van der Waals surface area contributed by atoms with Crippen LogP contribution in [-0.4, -0.2) is 0 Å². The van der Waals surface area contributed by atoms with Crippen LogP contribution in [0, 0.1) is 18.3 Å². The second kappa shape index (κ2) is 5.73. The highest BCUT2D eigenvalue weighted by Crippen LogP contribution is 2.05. The topological polar surface area (TPSA) is 23.8 Å². The molecule has 0 N–H and O–H groups in total. The molecule has 1 nitrogen and oxygen atoms in total. The second-order valence-corrected chi connectivity index (χ2v) is 2.61. The van der Waals surface area contributed by atoms with Crippen molar-refractivity contribution in [1.82, 2.24) is 0 Å². The lowest BCUT2D eigenvalue weighted by molar-refractivity contribution is 0.972. The van der Waals surface area contributed by atoms with Gasteiger partial charge in [-0.3, -0.25) is 0 Å². The summed E-state index contributed by atoms with van der Waals surface area (Å²) in [6.07, 6.45) is 5.38. The van der Waals surface area contributed by atoms with Gasteiger partial charge in [0.15, 0.2) is 0 Å². The van der Waals surface area contributed by atoms with E-state index in [0.29, 0.717) is 0 Å². The lowest BCUT2D eigenvalue weighted by Gasteiger charge is -1.94. The Kier molecular flexibility index (Phi) is 5.20. The second-order valence-electron chi connectivity index (χ2n) is 2.61. The Balaban J connectivity index is 3.65. The number of rotatable bonds is 3. The first kappa shape index (κ1) is 9.97. The highest BCUT2D eigenvalue weighted by Gasteiger charge is 1.86. The van der Waals surface area contributed by atoms with Gasteiger partial charge in [-0.25, -0.2) is 0 Å². The number of nitrogens with zero attached hydrogens (tertiary/aromatic N) is 1. The molecular formula is C10H13N. The summed E-state index contributed by atoms with van der Waals surface area (Å²) in [5.74, 6) is 0. The zero-order valence-electron chi connectivity index (χ0n) is 7.09. The van der Waals surface area contributed by atoms with Crippen molar-refractivity contribution in [1.29, 1.82) is 5.26 Å². The SMILES string of the molecule is [CH]/C(C)=C/CC/C(C)=C\C#N.